The summed E-state index contributed by atoms with van der Waals surface area (Å²) in [6, 6.07) is 4.94. The first-order valence-electron chi connectivity index (χ1n) is 5.08. The molecule has 18 heavy (non-hydrogen) atoms. The van der Waals surface area contributed by atoms with Crippen molar-refractivity contribution in [3.63, 3.8) is 0 Å². The minimum Gasteiger partial charge on any atom is -0.477 e. The van der Waals surface area contributed by atoms with Crippen LogP contribution in [0.4, 0.5) is 10.1 Å². The highest BCUT2D eigenvalue weighted by Gasteiger charge is 2.12. The highest BCUT2D eigenvalue weighted by Crippen LogP contribution is 2.24. The van der Waals surface area contributed by atoms with E-state index in [1.807, 2.05) is 0 Å². The van der Waals surface area contributed by atoms with Gasteiger partial charge in [0.05, 0.1) is 11.2 Å². The number of hydrogen-bond acceptors (Lipinski definition) is 3. The lowest BCUT2D eigenvalue weighted by molar-refractivity contribution is -0.114. The molecule has 0 fully saturated rings. The van der Waals surface area contributed by atoms with Crippen molar-refractivity contribution in [2.75, 3.05) is 5.32 Å². The Kier molecular flexibility index (Phi) is 2.93. The second kappa shape index (κ2) is 4.40. The van der Waals surface area contributed by atoms with E-state index < -0.39 is 11.8 Å². The van der Waals surface area contributed by atoms with Crippen LogP contribution in [0.3, 0.4) is 0 Å². The maximum Gasteiger partial charge on any atom is 0.354 e. The van der Waals surface area contributed by atoms with E-state index >= 15 is 0 Å². The van der Waals surface area contributed by atoms with Crippen molar-refractivity contribution < 1.29 is 19.1 Å². The van der Waals surface area contributed by atoms with Gasteiger partial charge in [0.15, 0.2) is 5.69 Å². The number of carboxylic acids is 1. The third kappa shape index (κ3) is 2.27. The summed E-state index contributed by atoms with van der Waals surface area (Å²) in [5.41, 5.74) is 0.322. The van der Waals surface area contributed by atoms with Crippen LogP contribution >= 0.6 is 0 Å². The summed E-state index contributed by atoms with van der Waals surface area (Å²) in [4.78, 5) is 25.8. The molecule has 0 aliphatic rings. The van der Waals surface area contributed by atoms with Crippen LogP contribution in [0.5, 0.6) is 0 Å². The molecule has 2 N–H and O–H groups in total. The van der Waals surface area contributed by atoms with Crippen molar-refractivity contribution in [3.05, 3.63) is 35.8 Å². The number of halogens is 1. The number of carbonyl (C=O) groups is 2. The molecule has 2 rings (SSSR count). The number of fused-ring (bicyclic) bond motifs is 1. The fourth-order valence-corrected chi connectivity index (χ4v) is 1.60. The standard InChI is InChI=1S/C12H9FN2O3/c1-6(16)14-10-5-11(12(17)18)15-9-3-2-7(13)4-8(9)10/h2-5H,1H3,(H,17,18)(H,14,15,16). The van der Waals surface area contributed by atoms with Crippen molar-refractivity contribution >= 4 is 28.5 Å². The molecule has 0 atom stereocenters. The molecule has 0 spiro atoms. The summed E-state index contributed by atoms with van der Waals surface area (Å²) < 4.78 is 13.2. The molecule has 1 amide bonds. The molecular weight excluding hydrogens is 239 g/mol. The van der Waals surface area contributed by atoms with Crippen LogP contribution < -0.4 is 5.32 Å². The molecule has 0 bridgehead atoms. The van der Waals surface area contributed by atoms with Gasteiger partial charge < -0.3 is 10.4 Å². The number of benzene rings is 1. The Balaban J connectivity index is 2.72. The normalized spacial score (nSPS) is 10.3. The lowest BCUT2D eigenvalue weighted by Gasteiger charge is -2.08. The molecule has 0 aliphatic carbocycles. The Morgan fingerprint density at radius 2 is 2.06 bits per heavy atom. The quantitative estimate of drug-likeness (QED) is 0.852. The van der Waals surface area contributed by atoms with Crippen LogP contribution in [-0.2, 0) is 4.79 Å². The number of rotatable bonds is 2. The molecule has 0 aliphatic heterocycles. The fourth-order valence-electron chi connectivity index (χ4n) is 1.60. The number of pyridine rings is 1. The molecule has 5 nitrogen and oxygen atoms in total. The number of hydrogen-bond donors (Lipinski definition) is 2. The molecule has 1 heterocycles. The van der Waals surface area contributed by atoms with Crippen molar-refractivity contribution in [3.8, 4) is 0 Å². The van der Waals surface area contributed by atoms with E-state index in [0.717, 1.165) is 0 Å². The van der Waals surface area contributed by atoms with Crippen LogP contribution in [0.2, 0.25) is 0 Å². The molecule has 0 saturated carbocycles. The van der Waals surface area contributed by atoms with E-state index in [9.17, 15) is 14.0 Å². The van der Waals surface area contributed by atoms with Crippen LogP contribution in [0.15, 0.2) is 24.3 Å². The average molecular weight is 248 g/mol. The Hall–Kier alpha value is -2.50. The highest BCUT2D eigenvalue weighted by molar-refractivity contribution is 6.02. The molecule has 1 aromatic heterocycles. The Labute approximate surface area is 101 Å². The second-order valence-electron chi connectivity index (χ2n) is 3.70. The summed E-state index contributed by atoms with van der Waals surface area (Å²) in [6.07, 6.45) is 0. The monoisotopic (exact) mass is 248 g/mol. The number of amides is 1. The number of carbonyl (C=O) groups excluding carboxylic acids is 1. The van der Waals surface area contributed by atoms with Gasteiger partial charge in [-0.3, -0.25) is 4.79 Å². The van der Waals surface area contributed by atoms with E-state index in [2.05, 4.69) is 10.3 Å². The molecular formula is C12H9FN2O3. The zero-order valence-electron chi connectivity index (χ0n) is 9.40. The SMILES string of the molecule is CC(=O)Nc1cc(C(=O)O)nc2ccc(F)cc12. The Bertz CT molecular complexity index is 655. The molecule has 0 saturated heterocycles. The van der Waals surface area contributed by atoms with E-state index in [1.165, 1.54) is 31.2 Å². The smallest absolute Gasteiger partial charge is 0.354 e. The predicted molar refractivity (Wildman–Crippen MR) is 63.0 cm³/mol. The van der Waals surface area contributed by atoms with E-state index in [1.54, 1.807) is 0 Å². The van der Waals surface area contributed by atoms with Gasteiger partial charge in [0, 0.05) is 12.3 Å². The summed E-state index contributed by atoms with van der Waals surface area (Å²) in [6.45, 7) is 1.28. The van der Waals surface area contributed by atoms with Gasteiger partial charge in [0.1, 0.15) is 5.82 Å². The van der Waals surface area contributed by atoms with Gasteiger partial charge in [-0.2, -0.15) is 0 Å². The van der Waals surface area contributed by atoms with Gasteiger partial charge in [-0.1, -0.05) is 0 Å². The molecule has 1 aromatic carbocycles. The van der Waals surface area contributed by atoms with E-state index in [0.29, 0.717) is 10.9 Å². The van der Waals surface area contributed by atoms with Gasteiger partial charge in [0.25, 0.3) is 0 Å². The highest BCUT2D eigenvalue weighted by atomic mass is 19.1. The van der Waals surface area contributed by atoms with Crippen LogP contribution in [0.1, 0.15) is 17.4 Å². The largest absolute Gasteiger partial charge is 0.477 e. The van der Waals surface area contributed by atoms with Crippen LogP contribution in [-0.4, -0.2) is 22.0 Å². The van der Waals surface area contributed by atoms with E-state index in [4.69, 9.17) is 5.11 Å². The molecule has 2 aromatic rings. The fraction of sp³-hybridized carbons (Fsp3) is 0.0833. The molecule has 92 valence electrons. The van der Waals surface area contributed by atoms with Gasteiger partial charge in [-0.25, -0.2) is 14.2 Å². The van der Waals surface area contributed by atoms with Gasteiger partial charge in [0.2, 0.25) is 5.91 Å². The van der Waals surface area contributed by atoms with Crippen molar-refractivity contribution in [1.82, 2.24) is 4.98 Å². The Morgan fingerprint density at radius 3 is 2.67 bits per heavy atom. The first-order chi connectivity index (χ1) is 8.47. The minimum atomic E-state index is -1.21. The first-order valence-corrected chi connectivity index (χ1v) is 5.08. The average Bonchev–Trinajstić information content (AvgIpc) is 2.28. The van der Waals surface area contributed by atoms with Crippen LogP contribution in [0, 0.1) is 5.82 Å². The molecule has 0 radical (unpaired) electrons. The lowest BCUT2D eigenvalue weighted by atomic mass is 10.1. The number of nitrogens with one attached hydrogen (secondary N) is 1. The van der Waals surface area contributed by atoms with Gasteiger partial charge >= 0.3 is 5.97 Å². The summed E-state index contributed by atoms with van der Waals surface area (Å²) in [7, 11) is 0. The summed E-state index contributed by atoms with van der Waals surface area (Å²) in [5.74, 6) is -2.07. The zero-order valence-corrected chi connectivity index (χ0v) is 9.40. The third-order valence-corrected chi connectivity index (χ3v) is 2.30. The first kappa shape index (κ1) is 12.0. The van der Waals surface area contributed by atoms with Gasteiger partial charge in [-0.05, 0) is 24.3 Å². The lowest BCUT2D eigenvalue weighted by Crippen LogP contribution is -2.09. The van der Waals surface area contributed by atoms with Crippen molar-refractivity contribution in [1.29, 1.82) is 0 Å². The van der Waals surface area contributed by atoms with Gasteiger partial charge in [-0.15, -0.1) is 0 Å². The minimum absolute atomic E-state index is 0.210. The number of anilines is 1. The maximum atomic E-state index is 13.2. The molecule has 6 heteroatoms. The Morgan fingerprint density at radius 1 is 1.33 bits per heavy atom. The number of aromatic nitrogens is 1. The summed E-state index contributed by atoms with van der Waals surface area (Å²) in [5, 5.41) is 11.7. The second-order valence-corrected chi connectivity index (χ2v) is 3.70. The predicted octanol–water partition coefficient (Wildman–Crippen LogP) is 2.03. The summed E-state index contributed by atoms with van der Waals surface area (Å²) >= 11 is 0. The third-order valence-electron chi connectivity index (χ3n) is 2.30. The topological polar surface area (TPSA) is 79.3 Å². The number of nitrogens with zero attached hydrogens (tertiary/aromatic N) is 1. The van der Waals surface area contributed by atoms with Crippen molar-refractivity contribution in [2.24, 2.45) is 0 Å². The zero-order chi connectivity index (χ0) is 13.3. The van der Waals surface area contributed by atoms with E-state index in [-0.39, 0.29) is 17.3 Å². The van der Waals surface area contributed by atoms with Crippen LogP contribution in [0.25, 0.3) is 10.9 Å². The number of aromatic carboxylic acids is 1. The molecule has 0 unspecified atom stereocenters. The number of carboxylic acid groups (broad SMARTS) is 1. The maximum absolute atomic E-state index is 13.2. The van der Waals surface area contributed by atoms with Crippen molar-refractivity contribution in [2.45, 2.75) is 6.92 Å².